The molecule has 1 fully saturated rings. The van der Waals surface area contributed by atoms with E-state index in [0.29, 0.717) is 17.0 Å². The quantitative estimate of drug-likeness (QED) is 0.881. The van der Waals surface area contributed by atoms with E-state index in [-0.39, 0.29) is 5.76 Å². The maximum Gasteiger partial charge on any atom is 0.417 e. The van der Waals surface area contributed by atoms with Crippen LogP contribution in [0.3, 0.4) is 0 Å². The third-order valence-corrected chi connectivity index (χ3v) is 5.10. The third kappa shape index (κ3) is 2.53. The normalized spacial score (nSPS) is 19.1. The lowest BCUT2D eigenvalue weighted by Crippen LogP contribution is -2.36. The zero-order valence-electron chi connectivity index (χ0n) is 12.9. The number of hydrogen-bond donors (Lipinski definition) is 2. The Labute approximate surface area is 124 Å². The summed E-state index contributed by atoms with van der Waals surface area (Å²) in [6.45, 7) is 5.40. The van der Waals surface area contributed by atoms with Crippen LogP contribution in [-0.2, 0) is 0 Å². The van der Waals surface area contributed by atoms with Gasteiger partial charge in [-0.3, -0.25) is 4.98 Å². The van der Waals surface area contributed by atoms with Crippen LogP contribution in [0.25, 0.3) is 11.1 Å². The molecule has 1 aromatic heterocycles. The van der Waals surface area contributed by atoms with Crippen molar-refractivity contribution in [2.24, 2.45) is 5.41 Å². The van der Waals surface area contributed by atoms with Gasteiger partial charge >= 0.3 is 5.76 Å². The molecule has 1 heterocycles. The van der Waals surface area contributed by atoms with Gasteiger partial charge in [0.1, 0.15) is 0 Å². The molecule has 4 heteroatoms. The topological polar surface area (TPSA) is 58.0 Å². The van der Waals surface area contributed by atoms with Crippen molar-refractivity contribution >= 4 is 11.1 Å². The minimum Gasteiger partial charge on any atom is -0.408 e. The first-order chi connectivity index (χ1) is 10.2. The molecule has 1 aromatic carbocycles. The Bertz CT molecular complexity index is 665. The molecule has 1 atom stereocenters. The van der Waals surface area contributed by atoms with E-state index in [2.05, 4.69) is 30.2 Å². The summed E-state index contributed by atoms with van der Waals surface area (Å²) in [7, 11) is 0. The van der Waals surface area contributed by atoms with Gasteiger partial charge in [0.2, 0.25) is 0 Å². The Morgan fingerprint density at radius 2 is 2.10 bits per heavy atom. The van der Waals surface area contributed by atoms with Gasteiger partial charge in [0.15, 0.2) is 5.58 Å². The maximum atomic E-state index is 11.3. The van der Waals surface area contributed by atoms with Crippen LogP contribution >= 0.6 is 0 Å². The van der Waals surface area contributed by atoms with Crippen LogP contribution < -0.4 is 11.1 Å². The van der Waals surface area contributed by atoms with E-state index in [9.17, 15) is 4.79 Å². The van der Waals surface area contributed by atoms with E-state index in [1.807, 2.05) is 12.1 Å². The van der Waals surface area contributed by atoms with Crippen LogP contribution in [0.4, 0.5) is 0 Å². The molecule has 2 N–H and O–H groups in total. The number of nitrogens with one attached hydrogen (secondary N) is 2. The zero-order chi connectivity index (χ0) is 14.9. The van der Waals surface area contributed by atoms with Gasteiger partial charge in [-0.05, 0) is 48.9 Å². The van der Waals surface area contributed by atoms with E-state index in [1.54, 1.807) is 0 Å². The van der Waals surface area contributed by atoms with Gasteiger partial charge in [-0.15, -0.1) is 0 Å². The summed E-state index contributed by atoms with van der Waals surface area (Å²) in [5, 5.41) is 3.67. The lowest BCUT2D eigenvalue weighted by atomic mass is 9.73. The van der Waals surface area contributed by atoms with Crippen molar-refractivity contribution in [1.82, 2.24) is 10.3 Å². The number of aromatic amines is 1. The number of benzene rings is 1. The minimum absolute atomic E-state index is 0.333. The minimum atomic E-state index is -0.381. The molecular formula is C17H24N2O2. The fourth-order valence-corrected chi connectivity index (χ4v) is 3.96. The summed E-state index contributed by atoms with van der Waals surface area (Å²) >= 11 is 0. The van der Waals surface area contributed by atoms with Gasteiger partial charge in [0, 0.05) is 6.04 Å². The molecule has 0 amide bonds. The highest BCUT2D eigenvalue weighted by molar-refractivity contribution is 5.73. The van der Waals surface area contributed by atoms with Gasteiger partial charge in [-0.25, -0.2) is 4.79 Å². The number of aromatic nitrogens is 1. The van der Waals surface area contributed by atoms with Crippen molar-refractivity contribution in [1.29, 1.82) is 0 Å². The van der Waals surface area contributed by atoms with E-state index in [1.165, 1.54) is 37.7 Å². The van der Waals surface area contributed by atoms with E-state index in [0.717, 1.165) is 12.1 Å². The molecule has 1 aliphatic rings. The summed E-state index contributed by atoms with van der Waals surface area (Å²) in [6, 6.07) is 6.44. The number of H-pyrrole nitrogens is 1. The predicted octanol–water partition coefficient (Wildman–Crippen LogP) is 3.74. The highest BCUT2D eigenvalue weighted by atomic mass is 16.4. The first-order valence-corrected chi connectivity index (χ1v) is 8.04. The Morgan fingerprint density at radius 3 is 2.76 bits per heavy atom. The van der Waals surface area contributed by atoms with Gasteiger partial charge in [-0.1, -0.05) is 32.8 Å². The SMILES string of the molecule is CCNC(c1ccc2[nH]c(=O)oc2c1)C1(CC)CCCC1. The molecule has 1 aliphatic carbocycles. The highest BCUT2D eigenvalue weighted by Crippen LogP contribution is 2.50. The van der Waals surface area contributed by atoms with E-state index < -0.39 is 0 Å². The summed E-state index contributed by atoms with van der Waals surface area (Å²) in [4.78, 5) is 14.0. The zero-order valence-corrected chi connectivity index (χ0v) is 12.9. The summed E-state index contributed by atoms with van der Waals surface area (Å²) in [5.41, 5.74) is 3.00. The third-order valence-electron chi connectivity index (χ3n) is 5.10. The maximum absolute atomic E-state index is 11.3. The second-order valence-electron chi connectivity index (χ2n) is 6.18. The van der Waals surface area contributed by atoms with Crippen LogP contribution in [0.5, 0.6) is 0 Å². The summed E-state index contributed by atoms with van der Waals surface area (Å²) in [6.07, 6.45) is 6.36. The second-order valence-corrected chi connectivity index (χ2v) is 6.18. The van der Waals surface area contributed by atoms with Gasteiger partial charge in [0.25, 0.3) is 0 Å². The number of rotatable bonds is 5. The average molecular weight is 288 g/mol. The molecule has 114 valence electrons. The lowest BCUT2D eigenvalue weighted by Gasteiger charge is -2.38. The van der Waals surface area contributed by atoms with Gasteiger partial charge in [0.05, 0.1) is 5.52 Å². The monoisotopic (exact) mass is 288 g/mol. The van der Waals surface area contributed by atoms with Crippen molar-refractivity contribution in [3.8, 4) is 0 Å². The predicted molar refractivity (Wildman–Crippen MR) is 84.4 cm³/mol. The fourth-order valence-electron chi connectivity index (χ4n) is 3.96. The van der Waals surface area contributed by atoms with Gasteiger partial charge in [-0.2, -0.15) is 0 Å². The number of hydrogen-bond acceptors (Lipinski definition) is 3. The number of fused-ring (bicyclic) bond motifs is 1. The first kappa shape index (κ1) is 14.4. The summed E-state index contributed by atoms with van der Waals surface area (Å²) < 4.78 is 5.23. The molecule has 0 spiro atoms. The second kappa shape index (κ2) is 5.68. The molecule has 1 unspecified atom stereocenters. The fraction of sp³-hybridized carbons (Fsp3) is 0.588. The van der Waals surface area contributed by atoms with Crippen molar-refractivity contribution in [3.63, 3.8) is 0 Å². The van der Waals surface area contributed by atoms with E-state index >= 15 is 0 Å². The standard InChI is InChI=1S/C17H24N2O2/c1-3-17(9-5-6-10-17)15(18-4-2)12-7-8-13-14(11-12)21-16(20)19-13/h7-8,11,15,18H,3-6,9-10H2,1-2H3,(H,19,20). The molecule has 0 saturated heterocycles. The number of oxazole rings is 1. The Kier molecular flexibility index (Phi) is 3.89. The van der Waals surface area contributed by atoms with Crippen LogP contribution in [-0.4, -0.2) is 11.5 Å². The Morgan fingerprint density at radius 1 is 1.33 bits per heavy atom. The Balaban J connectivity index is 2.03. The van der Waals surface area contributed by atoms with Crippen LogP contribution in [0.1, 0.15) is 57.6 Å². The molecule has 0 aliphatic heterocycles. The lowest BCUT2D eigenvalue weighted by molar-refractivity contribution is 0.189. The Hall–Kier alpha value is -1.55. The molecule has 0 radical (unpaired) electrons. The molecular weight excluding hydrogens is 264 g/mol. The van der Waals surface area contributed by atoms with Crippen LogP contribution in [0, 0.1) is 5.41 Å². The van der Waals surface area contributed by atoms with Crippen molar-refractivity contribution in [3.05, 3.63) is 34.3 Å². The molecule has 21 heavy (non-hydrogen) atoms. The highest BCUT2D eigenvalue weighted by Gasteiger charge is 2.40. The van der Waals surface area contributed by atoms with E-state index in [4.69, 9.17) is 4.42 Å². The summed E-state index contributed by atoms with van der Waals surface area (Å²) in [5.74, 6) is -0.381. The van der Waals surface area contributed by atoms with Crippen LogP contribution in [0.15, 0.2) is 27.4 Å². The molecule has 4 nitrogen and oxygen atoms in total. The molecule has 3 rings (SSSR count). The molecule has 1 saturated carbocycles. The first-order valence-electron chi connectivity index (χ1n) is 8.04. The van der Waals surface area contributed by atoms with Gasteiger partial charge < -0.3 is 9.73 Å². The largest absolute Gasteiger partial charge is 0.417 e. The van der Waals surface area contributed by atoms with Crippen LogP contribution in [0.2, 0.25) is 0 Å². The van der Waals surface area contributed by atoms with Crippen molar-refractivity contribution in [2.75, 3.05) is 6.54 Å². The average Bonchev–Trinajstić information content (AvgIpc) is 3.10. The molecule has 0 bridgehead atoms. The van der Waals surface area contributed by atoms with Crippen molar-refractivity contribution < 1.29 is 4.42 Å². The van der Waals surface area contributed by atoms with Crippen molar-refractivity contribution in [2.45, 2.75) is 52.0 Å². The molecule has 2 aromatic rings. The smallest absolute Gasteiger partial charge is 0.408 e.